The summed E-state index contributed by atoms with van der Waals surface area (Å²) in [6.07, 6.45) is 0. The van der Waals surface area contributed by atoms with Gasteiger partial charge in [-0.1, -0.05) is 60.7 Å². The number of hydrogen-bond donors (Lipinski definition) is 0. The fraction of sp³-hybridized carbons (Fsp3) is 0.368. The van der Waals surface area contributed by atoms with E-state index in [-0.39, 0.29) is 0 Å². The summed E-state index contributed by atoms with van der Waals surface area (Å²) < 4.78 is 31.7. The first kappa shape index (κ1) is 23.5. The molecule has 0 aromatic heterocycles. The van der Waals surface area contributed by atoms with Crippen LogP contribution in [0.4, 0.5) is 0 Å². The van der Waals surface area contributed by atoms with Crippen LogP contribution in [-0.2, 0) is 23.1 Å². The average molecular weight is 368 g/mol. The molecule has 0 aliphatic rings. The first-order valence-electron chi connectivity index (χ1n) is 7.65. The van der Waals surface area contributed by atoms with Gasteiger partial charge >= 0.3 is 7.60 Å². The molecule has 0 radical (unpaired) electrons. The van der Waals surface area contributed by atoms with E-state index in [9.17, 15) is 4.57 Å². The maximum atomic E-state index is 12.8. The predicted octanol–water partition coefficient (Wildman–Crippen LogP) is 4.79. The third-order valence-electron chi connectivity index (χ3n) is 3.06. The zero-order chi connectivity index (χ0) is 19.1. The van der Waals surface area contributed by atoms with Crippen molar-refractivity contribution in [3.63, 3.8) is 0 Å². The summed E-state index contributed by atoms with van der Waals surface area (Å²) in [5, 5.41) is 0. The van der Waals surface area contributed by atoms with Gasteiger partial charge in [0.25, 0.3) is 0 Å². The van der Waals surface area contributed by atoms with E-state index in [0.29, 0.717) is 0 Å². The lowest BCUT2D eigenvalue weighted by atomic mass is 10.0. The van der Waals surface area contributed by atoms with Crippen molar-refractivity contribution in [2.24, 2.45) is 0 Å². The van der Waals surface area contributed by atoms with E-state index in [1.54, 1.807) is 28.4 Å². The Bertz CT molecular complexity index is 540. The van der Waals surface area contributed by atoms with Crippen LogP contribution in [0.1, 0.15) is 16.8 Å². The molecule has 2 rings (SSSR count). The summed E-state index contributed by atoms with van der Waals surface area (Å²) in [6, 6.07) is 19.3. The standard InChI is InChI=1S/C15H17O3P.2C2H6O/c1-17-19(16,18-2)15(13-9-5-3-6-10-13)14-11-7-4-8-12-14;2*1-3-2/h3-12,15H,1-2H3;2*1-2H3. The molecule has 5 nitrogen and oxygen atoms in total. The summed E-state index contributed by atoms with van der Waals surface area (Å²) in [4.78, 5) is 0. The minimum atomic E-state index is -3.24. The van der Waals surface area contributed by atoms with Crippen molar-refractivity contribution in [3.8, 4) is 0 Å². The Balaban J connectivity index is 0.000000844. The summed E-state index contributed by atoms with van der Waals surface area (Å²) in [6.45, 7) is 0. The van der Waals surface area contributed by atoms with Crippen LogP contribution in [0, 0.1) is 0 Å². The van der Waals surface area contributed by atoms with Crippen molar-refractivity contribution in [2.75, 3.05) is 42.7 Å². The van der Waals surface area contributed by atoms with Gasteiger partial charge in [0.15, 0.2) is 0 Å². The summed E-state index contributed by atoms with van der Waals surface area (Å²) in [5.41, 5.74) is 1.42. The molecule has 0 bridgehead atoms. The van der Waals surface area contributed by atoms with Gasteiger partial charge in [-0.25, -0.2) is 0 Å². The zero-order valence-electron chi connectivity index (χ0n) is 15.8. The van der Waals surface area contributed by atoms with Crippen LogP contribution in [0.2, 0.25) is 0 Å². The molecule has 0 spiro atoms. The Hall–Kier alpha value is -1.49. The van der Waals surface area contributed by atoms with Crippen LogP contribution in [0.3, 0.4) is 0 Å². The lowest BCUT2D eigenvalue weighted by Crippen LogP contribution is -2.05. The molecule has 0 unspecified atom stereocenters. The highest BCUT2D eigenvalue weighted by Gasteiger charge is 2.36. The fourth-order valence-electron chi connectivity index (χ4n) is 2.11. The Kier molecular flexibility index (Phi) is 12.9. The van der Waals surface area contributed by atoms with Crippen molar-refractivity contribution in [1.82, 2.24) is 0 Å². The molecule has 0 fully saturated rings. The smallest absolute Gasteiger partial charge is 0.341 e. The lowest BCUT2D eigenvalue weighted by molar-refractivity contribution is 0.270. The highest BCUT2D eigenvalue weighted by atomic mass is 31.2. The summed E-state index contributed by atoms with van der Waals surface area (Å²) in [7, 11) is 6.10. The number of rotatable bonds is 5. The first-order valence-corrected chi connectivity index (χ1v) is 9.27. The topological polar surface area (TPSA) is 54.0 Å². The predicted molar refractivity (Wildman–Crippen MR) is 102 cm³/mol. The molecule has 0 atom stereocenters. The van der Waals surface area contributed by atoms with Crippen LogP contribution < -0.4 is 0 Å². The van der Waals surface area contributed by atoms with E-state index >= 15 is 0 Å². The highest BCUT2D eigenvalue weighted by molar-refractivity contribution is 7.54. The lowest BCUT2D eigenvalue weighted by Gasteiger charge is -2.25. The van der Waals surface area contributed by atoms with Crippen molar-refractivity contribution >= 4 is 7.60 Å². The normalized spacial score (nSPS) is 10.4. The van der Waals surface area contributed by atoms with Gasteiger partial charge in [0, 0.05) is 42.7 Å². The Morgan fingerprint density at radius 2 is 0.920 bits per heavy atom. The van der Waals surface area contributed by atoms with E-state index in [0.717, 1.165) is 11.1 Å². The van der Waals surface area contributed by atoms with E-state index in [1.807, 2.05) is 60.7 Å². The summed E-state index contributed by atoms with van der Waals surface area (Å²) >= 11 is 0. The highest BCUT2D eigenvalue weighted by Crippen LogP contribution is 2.62. The third-order valence-corrected chi connectivity index (χ3v) is 5.30. The van der Waals surface area contributed by atoms with Crippen molar-refractivity contribution in [3.05, 3.63) is 71.8 Å². The van der Waals surface area contributed by atoms with E-state index in [2.05, 4.69) is 9.47 Å². The third kappa shape index (κ3) is 7.95. The van der Waals surface area contributed by atoms with Gasteiger partial charge in [-0.2, -0.15) is 0 Å². The van der Waals surface area contributed by atoms with Crippen LogP contribution >= 0.6 is 7.60 Å². The van der Waals surface area contributed by atoms with Crippen LogP contribution in [0.5, 0.6) is 0 Å². The monoisotopic (exact) mass is 368 g/mol. The molecular formula is C19H29O5P. The molecule has 0 saturated carbocycles. The van der Waals surface area contributed by atoms with Crippen molar-refractivity contribution < 1.29 is 23.1 Å². The van der Waals surface area contributed by atoms with Crippen LogP contribution in [-0.4, -0.2) is 42.7 Å². The molecule has 0 heterocycles. The molecular weight excluding hydrogens is 339 g/mol. The second kappa shape index (κ2) is 13.8. The molecule has 0 aliphatic heterocycles. The van der Waals surface area contributed by atoms with E-state index in [4.69, 9.17) is 9.05 Å². The number of ether oxygens (including phenoxy) is 2. The minimum absolute atomic E-state index is 0.412. The van der Waals surface area contributed by atoms with Gasteiger partial charge in [0.1, 0.15) is 5.66 Å². The molecule has 2 aromatic rings. The second-order valence-corrected chi connectivity index (χ2v) is 7.27. The van der Waals surface area contributed by atoms with E-state index in [1.165, 1.54) is 14.2 Å². The molecule has 0 saturated heterocycles. The number of benzene rings is 2. The fourth-order valence-corrected chi connectivity index (χ4v) is 3.76. The quantitative estimate of drug-likeness (QED) is 0.711. The Labute approximate surface area is 151 Å². The molecule has 140 valence electrons. The zero-order valence-corrected chi connectivity index (χ0v) is 16.7. The van der Waals surface area contributed by atoms with Crippen molar-refractivity contribution in [1.29, 1.82) is 0 Å². The largest absolute Gasteiger partial charge is 0.388 e. The maximum Gasteiger partial charge on any atom is 0.341 e. The van der Waals surface area contributed by atoms with Gasteiger partial charge in [0.05, 0.1) is 0 Å². The van der Waals surface area contributed by atoms with Crippen LogP contribution in [0.25, 0.3) is 0 Å². The number of methoxy groups -OCH3 is 2. The Morgan fingerprint density at radius 1 is 0.640 bits per heavy atom. The molecule has 2 aromatic carbocycles. The minimum Gasteiger partial charge on any atom is -0.388 e. The molecule has 0 amide bonds. The van der Waals surface area contributed by atoms with Gasteiger partial charge in [-0.15, -0.1) is 0 Å². The SMILES string of the molecule is COC.COC.COP(=O)(OC)C(c1ccccc1)c1ccccc1. The molecule has 6 heteroatoms. The maximum absolute atomic E-state index is 12.8. The summed E-state index contributed by atoms with van der Waals surface area (Å²) in [5.74, 6) is 0. The van der Waals surface area contributed by atoms with Gasteiger partial charge in [-0.3, -0.25) is 4.57 Å². The van der Waals surface area contributed by atoms with Crippen LogP contribution in [0.15, 0.2) is 60.7 Å². The van der Waals surface area contributed by atoms with Gasteiger partial charge in [-0.05, 0) is 11.1 Å². The van der Waals surface area contributed by atoms with Gasteiger partial charge < -0.3 is 18.5 Å². The first-order chi connectivity index (χ1) is 12.0. The molecule has 0 N–H and O–H groups in total. The Morgan fingerprint density at radius 3 is 1.16 bits per heavy atom. The number of hydrogen-bond acceptors (Lipinski definition) is 5. The van der Waals surface area contributed by atoms with Gasteiger partial charge in [0.2, 0.25) is 0 Å². The molecule has 0 aliphatic carbocycles. The van der Waals surface area contributed by atoms with E-state index < -0.39 is 13.3 Å². The van der Waals surface area contributed by atoms with Crippen molar-refractivity contribution in [2.45, 2.75) is 5.66 Å². The second-order valence-electron chi connectivity index (χ2n) is 4.95. The molecule has 25 heavy (non-hydrogen) atoms. The average Bonchev–Trinajstić information content (AvgIpc) is 2.65.